The predicted molar refractivity (Wildman–Crippen MR) is 51.4 cm³/mol. The van der Waals surface area contributed by atoms with E-state index in [0.29, 0.717) is 11.4 Å². The molecule has 0 aliphatic rings. The average Bonchev–Trinajstić information content (AvgIpc) is 2.19. The smallest absolute Gasteiger partial charge is 0.243 e. The molecule has 0 unspecified atom stereocenters. The Hall–Kier alpha value is -1.91. The molecule has 1 aromatic rings. The fourth-order valence-corrected chi connectivity index (χ4v) is 0.892. The van der Waals surface area contributed by atoms with Gasteiger partial charge in [0.1, 0.15) is 0 Å². The maximum atomic E-state index is 10.3. The van der Waals surface area contributed by atoms with Crippen molar-refractivity contribution < 1.29 is 9.66 Å². The molecule has 0 atom stereocenters. The van der Waals surface area contributed by atoms with Crippen LogP contribution in [0.1, 0.15) is 12.5 Å². The van der Waals surface area contributed by atoms with E-state index in [1.54, 1.807) is 12.1 Å². The van der Waals surface area contributed by atoms with Gasteiger partial charge in [0.15, 0.2) is 0 Å². The summed E-state index contributed by atoms with van der Waals surface area (Å²) in [5, 5.41) is 10.3. The van der Waals surface area contributed by atoms with Crippen LogP contribution in [0.25, 0.3) is 6.08 Å². The average molecular weight is 194 g/mol. The van der Waals surface area contributed by atoms with Crippen molar-refractivity contribution in [2.45, 2.75) is 6.92 Å². The van der Waals surface area contributed by atoms with E-state index in [2.05, 4.69) is 4.98 Å². The third kappa shape index (κ3) is 2.55. The zero-order valence-corrected chi connectivity index (χ0v) is 7.93. The monoisotopic (exact) mass is 194 g/mol. The first-order valence-corrected chi connectivity index (χ1v) is 3.96. The second-order valence-corrected chi connectivity index (χ2v) is 2.68. The molecule has 0 amide bonds. The standard InChI is InChI=1S/C9H10N2O3/c1-7(11(12)13)5-8-3-4-9(14-2)10-6-8/h3-6H,1-2H3/b7-5+. The van der Waals surface area contributed by atoms with Crippen LogP contribution in [0.15, 0.2) is 24.0 Å². The van der Waals surface area contributed by atoms with E-state index in [4.69, 9.17) is 4.74 Å². The van der Waals surface area contributed by atoms with Crippen molar-refractivity contribution >= 4 is 6.08 Å². The molecule has 0 radical (unpaired) electrons. The molecule has 5 heteroatoms. The van der Waals surface area contributed by atoms with Crippen LogP contribution in [0.3, 0.4) is 0 Å². The van der Waals surface area contributed by atoms with Crippen molar-refractivity contribution in [2.75, 3.05) is 7.11 Å². The lowest BCUT2D eigenvalue weighted by Gasteiger charge is -1.97. The van der Waals surface area contributed by atoms with Gasteiger partial charge in [-0.05, 0) is 11.6 Å². The normalized spacial score (nSPS) is 11.1. The summed E-state index contributed by atoms with van der Waals surface area (Å²) in [5.41, 5.74) is 0.761. The Morgan fingerprint density at radius 2 is 2.36 bits per heavy atom. The highest BCUT2D eigenvalue weighted by atomic mass is 16.6. The Kier molecular flexibility index (Phi) is 3.17. The molecule has 1 heterocycles. The van der Waals surface area contributed by atoms with Crippen molar-refractivity contribution in [1.29, 1.82) is 0 Å². The van der Waals surface area contributed by atoms with Crippen LogP contribution in [0.2, 0.25) is 0 Å². The number of ether oxygens (including phenoxy) is 1. The highest BCUT2D eigenvalue weighted by molar-refractivity contribution is 5.49. The molecule has 1 aromatic heterocycles. The van der Waals surface area contributed by atoms with E-state index in [-0.39, 0.29) is 5.70 Å². The van der Waals surface area contributed by atoms with Crippen molar-refractivity contribution in [3.05, 3.63) is 39.7 Å². The van der Waals surface area contributed by atoms with E-state index in [1.165, 1.54) is 26.3 Å². The first-order chi connectivity index (χ1) is 6.63. The molecule has 0 spiro atoms. The lowest BCUT2D eigenvalue weighted by atomic mass is 10.2. The highest BCUT2D eigenvalue weighted by Crippen LogP contribution is 2.10. The van der Waals surface area contributed by atoms with E-state index < -0.39 is 4.92 Å². The van der Waals surface area contributed by atoms with E-state index in [0.717, 1.165) is 0 Å². The van der Waals surface area contributed by atoms with Gasteiger partial charge >= 0.3 is 0 Å². The third-order valence-corrected chi connectivity index (χ3v) is 1.63. The van der Waals surface area contributed by atoms with E-state index in [9.17, 15) is 10.1 Å². The summed E-state index contributed by atoms with van der Waals surface area (Å²) in [7, 11) is 1.51. The number of hydrogen-bond acceptors (Lipinski definition) is 4. The summed E-state index contributed by atoms with van der Waals surface area (Å²) in [5.74, 6) is 0.487. The van der Waals surface area contributed by atoms with Crippen molar-refractivity contribution in [3.63, 3.8) is 0 Å². The number of methoxy groups -OCH3 is 1. The largest absolute Gasteiger partial charge is 0.481 e. The van der Waals surface area contributed by atoms with Crippen LogP contribution in [0.5, 0.6) is 5.88 Å². The molecule has 74 valence electrons. The summed E-state index contributed by atoms with van der Waals surface area (Å²) < 4.78 is 4.86. The van der Waals surface area contributed by atoms with Gasteiger partial charge in [0, 0.05) is 25.3 Å². The molecule has 0 saturated heterocycles. The second kappa shape index (κ2) is 4.36. The van der Waals surface area contributed by atoms with Gasteiger partial charge in [-0.15, -0.1) is 0 Å². The number of nitro groups is 1. The number of nitrogens with zero attached hydrogens (tertiary/aromatic N) is 2. The lowest BCUT2D eigenvalue weighted by molar-refractivity contribution is -0.422. The molecule has 0 aromatic carbocycles. The topological polar surface area (TPSA) is 65.3 Å². The molecular formula is C9H10N2O3. The summed E-state index contributed by atoms with van der Waals surface area (Å²) in [6.07, 6.45) is 2.97. The molecule has 0 fully saturated rings. The Morgan fingerprint density at radius 3 is 2.79 bits per heavy atom. The Bertz CT molecular complexity index is 357. The SMILES string of the molecule is COc1ccc(/C=C(\C)[N+](=O)[O-])cn1. The summed E-state index contributed by atoms with van der Waals surface area (Å²) in [6.45, 7) is 1.43. The second-order valence-electron chi connectivity index (χ2n) is 2.68. The number of pyridine rings is 1. The third-order valence-electron chi connectivity index (χ3n) is 1.63. The van der Waals surface area contributed by atoms with E-state index in [1.807, 2.05) is 0 Å². The highest BCUT2D eigenvalue weighted by Gasteiger charge is 2.02. The zero-order chi connectivity index (χ0) is 10.6. The fraction of sp³-hybridized carbons (Fsp3) is 0.222. The zero-order valence-electron chi connectivity index (χ0n) is 7.93. The minimum atomic E-state index is -0.440. The van der Waals surface area contributed by atoms with Crippen LogP contribution in [0.4, 0.5) is 0 Å². The number of aromatic nitrogens is 1. The van der Waals surface area contributed by atoms with Crippen LogP contribution < -0.4 is 4.74 Å². The van der Waals surface area contributed by atoms with Crippen molar-refractivity contribution in [3.8, 4) is 5.88 Å². The first-order valence-electron chi connectivity index (χ1n) is 3.96. The summed E-state index contributed by atoms with van der Waals surface area (Å²) >= 11 is 0. The Morgan fingerprint density at radius 1 is 1.64 bits per heavy atom. The molecular weight excluding hydrogens is 184 g/mol. The van der Waals surface area contributed by atoms with Crippen molar-refractivity contribution in [2.24, 2.45) is 0 Å². The van der Waals surface area contributed by atoms with Gasteiger partial charge in [0.25, 0.3) is 0 Å². The van der Waals surface area contributed by atoms with Gasteiger partial charge in [0.2, 0.25) is 11.6 Å². The minimum absolute atomic E-state index is 0.0805. The van der Waals surface area contributed by atoms with Crippen LogP contribution >= 0.6 is 0 Å². The molecule has 0 saturated carbocycles. The molecule has 0 aliphatic carbocycles. The summed E-state index contributed by atoms with van der Waals surface area (Å²) in [6, 6.07) is 3.36. The van der Waals surface area contributed by atoms with Crippen molar-refractivity contribution in [1.82, 2.24) is 4.98 Å². The molecule has 1 rings (SSSR count). The Balaban J connectivity index is 2.88. The number of rotatable bonds is 3. The molecule has 0 bridgehead atoms. The maximum absolute atomic E-state index is 10.3. The molecule has 5 nitrogen and oxygen atoms in total. The minimum Gasteiger partial charge on any atom is -0.481 e. The predicted octanol–water partition coefficient (Wildman–Crippen LogP) is 1.73. The van der Waals surface area contributed by atoms with Gasteiger partial charge in [-0.1, -0.05) is 0 Å². The van der Waals surface area contributed by atoms with Gasteiger partial charge in [-0.2, -0.15) is 0 Å². The quantitative estimate of drug-likeness (QED) is 0.542. The number of hydrogen-bond donors (Lipinski definition) is 0. The van der Waals surface area contributed by atoms with Gasteiger partial charge in [-0.3, -0.25) is 10.1 Å². The molecule has 0 aliphatic heterocycles. The van der Waals surface area contributed by atoms with Gasteiger partial charge in [-0.25, -0.2) is 4.98 Å². The van der Waals surface area contributed by atoms with E-state index >= 15 is 0 Å². The van der Waals surface area contributed by atoms with Crippen LogP contribution in [-0.4, -0.2) is 17.0 Å². The number of allylic oxidation sites excluding steroid dienone is 1. The summed E-state index contributed by atoms with van der Waals surface area (Å²) in [4.78, 5) is 13.8. The lowest BCUT2D eigenvalue weighted by Crippen LogP contribution is -1.93. The van der Waals surface area contributed by atoms with Gasteiger partial charge in [0.05, 0.1) is 12.0 Å². The molecule has 0 N–H and O–H groups in total. The first kappa shape index (κ1) is 10.2. The van der Waals surface area contributed by atoms with Crippen LogP contribution in [-0.2, 0) is 0 Å². The maximum Gasteiger partial charge on any atom is 0.243 e. The van der Waals surface area contributed by atoms with Crippen LogP contribution in [0, 0.1) is 10.1 Å². The van der Waals surface area contributed by atoms with Gasteiger partial charge < -0.3 is 4.74 Å². The molecule has 14 heavy (non-hydrogen) atoms. The Labute approximate surface area is 81.2 Å². The fourth-order valence-electron chi connectivity index (χ4n) is 0.892.